The first kappa shape index (κ1) is 11.8. The van der Waals surface area contributed by atoms with Crippen molar-refractivity contribution in [2.45, 2.75) is 6.36 Å². The molecular formula is C8H4F3N3O2. The lowest BCUT2D eigenvalue weighted by atomic mass is 10.1. The number of carbonyl (C=O) groups is 1. The first-order valence-electron chi connectivity index (χ1n) is 3.78. The third-order valence-electron chi connectivity index (χ3n) is 1.57. The third-order valence-corrected chi connectivity index (χ3v) is 1.57. The molecule has 1 aromatic rings. The summed E-state index contributed by atoms with van der Waals surface area (Å²) in [4.78, 5) is 13.6. The van der Waals surface area contributed by atoms with Crippen molar-refractivity contribution in [3.05, 3.63) is 17.3 Å². The second-order valence-corrected chi connectivity index (χ2v) is 2.58. The number of alkyl halides is 3. The van der Waals surface area contributed by atoms with Crippen LogP contribution in [0.1, 0.15) is 15.9 Å². The van der Waals surface area contributed by atoms with Crippen LogP contribution in [0.5, 0.6) is 5.88 Å². The highest BCUT2D eigenvalue weighted by Crippen LogP contribution is 2.28. The fourth-order valence-corrected chi connectivity index (χ4v) is 0.911. The predicted octanol–water partition coefficient (Wildman–Crippen LogP) is 1.25. The summed E-state index contributed by atoms with van der Waals surface area (Å²) in [6.07, 6.45) is -3.90. The summed E-state index contributed by atoms with van der Waals surface area (Å²) in [5, 5.41) is 8.58. The van der Waals surface area contributed by atoms with Crippen LogP contribution < -0.4 is 10.5 Å². The number of nitrogen functional groups attached to an aromatic ring is 1. The van der Waals surface area contributed by atoms with Gasteiger partial charge in [-0.3, -0.25) is 4.79 Å². The minimum Gasteiger partial charge on any atom is -0.397 e. The second-order valence-electron chi connectivity index (χ2n) is 2.58. The van der Waals surface area contributed by atoms with Crippen LogP contribution in [0.25, 0.3) is 0 Å². The number of aldehydes is 1. The van der Waals surface area contributed by atoms with Crippen molar-refractivity contribution in [2.24, 2.45) is 0 Å². The fraction of sp³-hybridized carbons (Fsp3) is 0.125. The second kappa shape index (κ2) is 4.06. The number of ether oxygens (including phenoxy) is 1. The van der Waals surface area contributed by atoms with Gasteiger partial charge in [0.2, 0.25) is 5.88 Å². The average molecular weight is 231 g/mol. The van der Waals surface area contributed by atoms with Crippen LogP contribution in [0, 0.1) is 11.3 Å². The third kappa shape index (κ3) is 2.38. The lowest BCUT2D eigenvalue weighted by Gasteiger charge is -2.10. The highest BCUT2D eigenvalue weighted by atomic mass is 19.4. The Morgan fingerprint density at radius 3 is 2.62 bits per heavy atom. The predicted molar refractivity (Wildman–Crippen MR) is 45.4 cm³/mol. The van der Waals surface area contributed by atoms with Crippen molar-refractivity contribution in [1.29, 1.82) is 5.26 Å². The van der Waals surface area contributed by atoms with E-state index in [4.69, 9.17) is 11.0 Å². The van der Waals surface area contributed by atoms with Crippen molar-refractivity contribution in [1.82, 2.24) is 4.98 Å². The SMILES string of the molecule is N#Cc1c(OC(F)(F)F)ncc(C=O)c1N. The molecule has 1 rings (SSSR count). The number of anilines is 1. The van der Waals surface area contributed by atoms with Crippen molar-refractivity contribution >= 4 is 12.0 Å². The van der Waals surface area contributed by atoms with E-state index in [2.05, 4.69) is 9.72 Å². The van der Waals surface area contributed by atoms with Crippen molar-refractivity contribution in [2.75, 3.05) is 5.73 Å². The Hall–Kier alpha value is -2.30. The molecule has 0 saturated heterocycles. The smallest absolute Gasteiger partial charge is 0.397 e. The van der Waals surface area contributed by atoms with Gasteiger partial charge in [0.05, 0.1) is 11.3 Å². The zero-order chi connectivity index (χ0) is 12.3. The minimum atomic E-state index is -4.98. The molecule has 0 saturated carbocycles. The lowest BCUT2D eigenvalue weighted by molar-refractivity contribution is -0.276. The monoisotopic (exact) mass is 231 g/mol. The number of nitrogens with zero attached hydrogens (tertiary/aromatic N) is 2. The standard InChI is InChI=1S/C8H4F3N3O2/c9-8(10,11)16-7-5(1-12)6(13)4(3-15)2-14-7/h2-3H,(H2,13,14). The number of nitriles is 1. The molecule has 0 aliphatic heterocycles. The van der Waals surface area contributed by atoms with Crippen LogP contribution >= 0.6 is 0 Å². The van der Waals surface area contributed by atoms with E-state index in [-0.39, 0.29) is 11.8 Å². The molecule has 0 aromatic carbocycles. The fourth-order valence-electron chi connectivity index (χ4n) is 0.911. The van der Waals surface area contributed by atoms with Gasteiger partial charge in [-0.1, -0.05) is 0 Å². The number of rotatable bonds is 2. The number of aromatic nitrogens is 1. The van der Waals surface area contributed by atoms with Crippen molar-refractivity contribution < 1.29 is 22.7 Å². The Balaban J connectivity index is 3.28. The number of halogens is 3. The quantitative estimate of drug-likeness (QED) is 0.773. The summed E-state index contributed by atoms with van der Waals surface area (Å²) in [7, 11) is 0. The maximum atomic E-state index is 11.9. The van der Waals surface area contributed by atoms with Crippen LogP contribution in [0.15, 0.2) is 6.20 Å². The van der Waals surface area contributed by atoms with E-state index in [1.807, 2.05) is 0 Å². The molecular weight excluding hydrogens is 227 g/mol. The Bertz CT molecular complexity index is 465. The number of hydrogen-bond donors (Lipinski definition) is 1. The number of nitrogens with two attached hydrogens (primary N) is 1. The Kier molecular flexibility index (Phi) is 2.99. The Labute approximate surface area is 87.3 Å². The first-order valence-corrected chi connectivity index (χ1v) is 3.78. The largest absolute Gasteiger partial charge is 0.574 e. The van der Waals surface area contributed by atoms with Gasteiger partial charge < -0.3 is 10.5 Å². The van der Waals surface area contributed by atoms with Gasteiger partial charge in [-0.25, -0.2) is 4.98 Å². The highest BCUT2D eigenvalue weighted by Gasteiger charge is 2.33. The van der Waals surface area contributed by atoms with E-state index in [0.717, 1.165) is 6.20 Å². The van der Waals surface area contributed by atoms with Crippen LogP contribution in [0.3, 0.4) is 0 Å². The lowest BCUT2D eigenvalue weighted by Crippen LogP contribution is -2.19. The molecule has 0 spiro atoms. The topological polar surface area (TPSA) is 89.0 Å². The number of pyridine rings is 1. The van der Waals surface area contributed by atoms with Crippen LogP contribution in [-0.2, 0) is 0 Å². The Morgan fingerprint density at radius 2 is 2.19 bits per heavy atom. The van der Waals surface area contributed by atoms with E-state index < -0.39 is 23.5 Å². The maximum Gasteiger partial charge on any atom is 0.574 e. The molecule has 0 amide bonds. The molecule has 0 atom stereocenters. The van der Waals surface area contributed by atoms with Gasteiger partial charge in [0, 0.05) is 6.20 Å². The van der Waals surface area contributed by atoms with Crippen molar-refractivity contribution in [3.63, 3.8) is 0 Å². The summed E-state index contributed by atoms with van der Waals surface area (Å²) in [6.45, 7) is 0. The summed E-state index contributed by atoms with van der Waals surface area (Å²) in [6, 6.07) is 1.39. The molecule has 0 aliphatic carbocycles. The molecule has 0 unspecified atom stereocenters. The average Bonchev–Trinajstić information content (AvgIpc) is 2.16. The summed E-state index contributed by atoms with van der Waals surface area (Å²) >= 11 is 0. The van der Waals surface area contributed by atoms with Crippen LogP contribution in [-0.4, -0.2) is 17.6 Å². The molecule has 8 heteroatoms. The zero-order valence-corrected chi connectivity index (χ0v) is 7.58. The van der Waals surface area contributed by atoms with E-state index in [1.165, 1.54) is 6.07 Å². The molecule has 1 heterocycles. The van der Waals surface area contributed by atoms with Gasteiger partial charge in [0.15, 0.2) is 6.29 Å². The zero-order valence-electron chi connectivity index (χ0n) is 7.58. The van der Waals surface area contributed by atoms with Gasteiger partial charge in [-0.2, -0.15) is 5.26 Å². The number of carbonyl (C=O) groups excluding carboxylic acids is 1. The molecule has 16 heavy (non-hydrogen) atoms. The van der Waals surface area contributed by atoms with Gasteiger partial charge in [0.1, 0.15) is 11.6 Å². The molecule has 0 fully saturated rings. The van der Waals surface area contributed by atoms with Gasteiger partial charge in [-0.15, -0.1) is 13.2 Å². The molecule has 84 valence electrons. The molecule has 2 N–H and O–H groups in total. The van der Waals surface area contributed by atoms with Crippen LogP contribution in [0.2, 0.25) is 0 Å². The maximum absolute atomic E-state index is 11.9. The normalized spacial score (nSPS) is 10.6. The molecule has 0 radical (unpaired) electrons. The molecule has 1 aromatic heterocycles. The highest BCUT2D eigenvalue weighted by molar-refractivity contribution is 5.85. The van der Waals surface area contributed by atoms with Gasteiger partial charge in [-0.05, 0) is 0 Å². The van der Waals surface area contributed by atoms with E-state index >= 15 is 0 Å². The van der Waals surface area contributed by atoms with Crippen molar-refractivity contribution in [3.8, 4) is 11.9 Å². The summed E-state index contributed by atoms with van der Waals surface area (Å²) < 4.78 is 39.1. The number of hydrogen-bond acceptors (Lipinski definition) is 5. The Morgan fingerprint density at radius 1 is 1.56 bits per heavy atom. The molecule has 5 nitrogen and oxygen atoms in total. The van der Waals surface area contributed by atoms with E-state index in [0.29, 0.717) is 0 Å². The van der Waals surface area contributed by atoms with E-state index in [1.54, 1.807) is 0 Å². The summed E-state index contributed by atoms with van der Waals surface area (Å²) in [5.41, 5.74) is 4.09. The summed E-state index contributed by atoms with van der Waals surface area (Å²) in [5.74, 6) is -0.974. The minimum absolute atomic E-state index is 0.175. The first-order chi connectivity index (χ1) is 7.39. The van der Waals surface area contributed by atoms with Gasteiger partial charge >= 0.3 is 6.36 Å². The molecule has 0 aliphatic rings. The molecule has 0 bridgehead atoms. The van der Waals surface area contributed by atoms with Gasteiger partial charge in [0.25, 0.3) is 0 Å². The van der Waals surface area contributed by atoms with E-state index in [9.17, 15) is 18.0 Å². The van der Waals surface area contributed by atoms with Crippen LogP contribution in [0.4, 0.5) is 18.9 Å².